The van der Waals surface area contributed by atoms with Crippen molar-refractivity contribution in [3.63, 3.8) is 0 Å². The number of benzene rings is 18. The Morgan fingerprint density at radius 2 is 0.764 bits per heavy atom. The SMILES string of the molecule is C.CC(C)(C)C(=O)C=C(O)C(C)(C)C.[C-]#[N+]c1ccc(C)c(-c2cnc(-c3[c-]c(C)cc(C)c3)c(-c3cc(C)cc(C)c3)n2)c1.[Ir].c1ccc(-c2cc(-c3ccc4ccccc4c3)nc3c2ccc2c(-c4ccccc4)cc(-c4ccc5ccccc5c4)nc23)cc1.c1ccc(-c2nc(-c3ccccc3)nc(-c3cccc(-n4c5ccccc5c5ccc(-c6ccc7c(c6)c6ccccc6n7-c6ccccc6)cc54)c3)n2)cc1. The number of pyridine rings is 2. The Hall–Kier alpha value is -17.7. The van der Waals surface area contributed by atoms with Gasteiger partial charge in [0.25, 0.3) is 0 Å². The monoisotopic (exact) mass is 2090 g/mol. The van der Waals surface area contributed by atoms with Gasteiger partial charge >= 0.3 is 0 Å². The molecule has 24 aromatic rings. The molecule has 1 N–H and O–H groups in total. The fraction of sp³-hybridized carbons (Fsp3) is 0.104. The van der Waals surface area contributed by atoms with E-state index < -0.39 is 5.41 Å². The molecule has 0 bridgehead atoms. The third-order valence-corrected chi connectivity index (χ3v) is 26.8. The van der Waals surface area contributed by atoms with E-state index in [1.165, 1.54) is 82.5 Å². The molecule has 18 aromatic carbocycles. The van der Waals surface area contributed by atoms with Gasteiger partial charge in [0.15, 0.2) is 28.9 Å². The maximum absolute atomic E-state index is 11.5. The van der Waals surface area contributed by atoms with Gasteiger partial charge in [0.05, 0.1) is 62.4 Å². The number of aryl methyl sites for hydroxylation is 5. The predicted molar refractivity (Wildman–Crippen MR) is 613 cm³/mol. The van der Waals surface area contributed by atoms with Crippen molar-refractivity contribution in [3.05, 3.63) is 482 Å². The zero-order valence-corrected chi connectivity index (χ0v) is 86.0. The Balaban J connectivity index is 0.000000135. The zero-order valence-electron chi connectivity index (χ0n) is 83.7. The molecule has 24 rings (SSSR count). The molecule has 0 aliphatic carbocycles. The molecule has 0 saturated carbocycles. The Morgan fingerprint density at radius 3 is 1.30 bits per heavy atom. The molecule has 12 nitrogen and oxygen atoms in total. The minimum atomic E-state index is -0.417. The Kier molecular flexibility index (Phi) is 28.3. The fourth-order valence-electron chi connectivity index (χ4n) is 19.4. The Morgan fingerprint density at radius 1 is 0.324 bits per heavy atom. The molecular weight excluding hydrogens is 1990 g/mol. The van der Waals surface area contributed by atoms with Crippen molar-refractivity contribution >= 4 is 98.4 Å². The number of para-hydroxylation sites is 3. The summed E-state index contributed by atoms with van der Waals surface area (Å²) in [5.41, 5.74) is 33.3. The second kappa shape index (κ2) is 42.3. The number of ketones is 1. The van der Waals surface area contributed by atoms with Crippen LogP contribution in [-0.4, -0.2) is 54.9 Å². The van der Waals surface area contributed by atoms with Gasteiger partial charge in [0, 0.05) is 120 Å². The van der Waals surface area contributed by atoms with Gasteiger partial charge in [-0.05, 0) is 177 Å². The molecule has 0 saturated heterocycles. The van der Waals surface area contributed by atoms with Crippen molar-refractivity contribution in [1.82, 2.24) is 44.0 Å². The van der Waals surface area contributed by atoms with Crippen LogP contribution < -0.4 is 0 Å². The number of hydrogen-bond donors (Lipinski definition) is 1. The van der Waals surface area contributed by atoms with Crippen LogP contribution in [0.1, 0.15) is 76.8 Å². The van der Waals surface area contributed by atoms with Crippen molar-refractivity contribution in [3.8, 4) is 135 Å². The molecule has 0 spiro atoms. The van der Waals surface area contributed by atoms with Gasteiger partial charge in [-0.15, -0.1) is 34.9 Å². The molecule has 0 unspecified atom stereocenters. The first-order valence-electron chi connectivity index (χ1n) is 49.3. The summed E-state index contributed by atoms with van der Waals surface area (Å²) in [5, 5.41) is 21.5. The number of carbonyl (C=O) groups excluding carboxylic acids is 1. The molecule has 0 atom stereocenters. The van der Waals surface area contributed by atoms with Crippen LogP contribution in [0.3, 0.4) is 0 Å². The number of carbonyl (C=O) groups is 1. The summed E-state index contributed by atoms with van der Waals surface area (Å²) in [7, 11) is 0. The molecule has 721 valence electrons. The summed E-state index contributed by atoms with van der Waals surface area (Å²) in [6.07, 6.45) is 3.14. The maximum atomic E-state index is 11.5. The van der Waals surface area contributed by atoms with Crippen LogP contribution in [0.25, 0.3) is 227 Å². The molecule has 0 amide bonds. The summed E-state index contributed by atoms with van der Waals surface area (Å²) in [6.45, 7) is 28.8. The molecule has 1 radical (unpaired) electrons. The summed E-state index contributed by atoms with van der Waals surface area (Å²) in [6, 6.07) is 151. The molecule has 6 aromatic heterocycles. The first kappa shape index (κ1) is 99.1. The molecule has 148 heavy (non-hydrogen) atoms. The van der Waals surface area contributed by atoms with Gasteiger partial charge in [-0.2, -0.15) is 0 Å². The van der Waals surface area contributed by atoms with E-state index in [9.17, 15) is 9.90 Å². The van der Waals surface area contributed by atoms with Crippen LogP contribution in [0.2, 0.25) is 0 Å². The van der Waals surface area contributed by atoms with E-state index in [2.05, 4.69) is 381 Å². The topological polar surface area (TPSA) is 142 Å². The smallest absolute Gasteiger partial charge is 0.187 e. The van der Waals surface area contributed by atoms with E-state index in [-0.39, 0.29) is 44.5 Å². The zero-order chi connectivity index (χ0) is 100. The van der Waals surface area contributed by atoms with E-state index in [0.29, 0.717) is 23.2 Å². The van der Waals surface area contributed by atoms with Crippen molar-refractivity contribution in [1.29, 1.82) is 0 Å². The number of rotatable bonds is 14. The number of allylic oxidation sites excluding steroid dienone is 2. The fourth-order valence-corrected chi connectivity index (χ4v) is 19.4. The van der Waals surface area contributed by atoms with Crippen LogP contribution in [0, 0.1) is 58.1 Å². The largest absolute Gasteiger partial charge is 0.512 e. The standard InChI is InChI=1S/C51H33N5.C44H28N2.C28H24N3.C11H20O2.CH4.Ir/c1-4-15-34(16-5-1)49-52-50(35-17-6-2-7-18-35)54-51(53-49)38-19-14-22-40(31-38)56-45-25-12-10-23-41(45)43-29-27-37(33-48(43)56)36-28-30-47-44(32-36)42-24-11-13-26-46(42)55(47)39-20-8-3-9-21-39;1-3-13-31(14-4-1)39-27-41(35-21-19-29-11-7-9-17-33(29)25-35)45-43-37(39)23-24-38-40(32-15-5-2-6-16-32)28-42(46-44(38)43)36-22-20-30-12-8-10-18-34(30)26-36;1-17-9-18(2)12-22(11-17)27-28(23-13-19(3)10-20(4)14-23)31-26(16-30-27)25-15-24(29-6)8-7-21(25)5;1-10(2,3)8(12)7-9(13)11(4,5)6;;/h1-33H;1-28H;7-11,13-16H,1-5H3;7,12H,1-6H3;1H4;/q;;-1;;;. The summed E-state index contributed by atoms with van der Waals surface area (Å²) < 4.78 is 4.73. The number of aromatic nitrogens is 9. The first-order valence-corrected chi connectivity index (χ1v) is 49.3. The van der Waals surface area contributed by atoms with Crippen molar-refractivity contribution < 1.29 is 30.0 Å². The van der Waals surface area contributed by atoms with Crippen molar-refractivity contribution in [2.45, 2.75) is 83.6 Å². The van der Waals surface area contributed by atoms with Gasteiger partial charge in [0.1, 0.15) is 5.76 Å². The molecular formula is C135H109IrN10O2-. The Labute approximate surface area is 877 Å². The number of nitrogens with zero attached hydrogens (tertiary/aromatic N) is 10. The van der Waals surface area contributed by atoms with Gasteiger partial charge in [0.2, 0.25) is 0 Å². The van der Waals surface area contributed by atoms with Crippen molar-refractivity contribution in [2.75, 3.05) is 0 Å². The average molecular weight is 2100 g/mol. The number of aliphatic hydroxyl groups is 1. The second-order valence-corrected chi connectivity index (χ2v) is 39.5. The van der Waals surface area contributed by atoms with Crippen LogP contribution in [0.15, 0.2) is 437 Å². The van der Waals surface area contributed by atoms with E-state index >= 15 is 0 Å². The van der Waals surface area contributed by atoms with Crippen LogP contribution in [0.4, 0.5) is 5.69 Å². The molecule has 6 heterocycles. The Bertz CT molecular complexity index is 8960. The van der Waals surface area contributed by atoms with Crippen LogP contribution in [0.5, 0.6) is 0 Å². The third kappa shape index (κ3) is 20.7. The summed E-state index contributed by atoms with van der Waals surface area (Å²) in [5.74, 6) is 2.02. The van der Waals surface area contributed by atoms with Crippen molar-refractivity contribution in [2.24, 2.45) is 10.8 Å². The number of fused-ring (bicyclic) bond motifs is 11. The maximum Gasteiger partial charge on any atom is 0.187 e. The average Bonchev–Trinajstić information content (AvgIpc) is 1.52. The molecule has 0 aliphatic rings. The number of aliphatic hydroxyl groups excluding tert-OH is 1. The van der Waals surface area contributed by atoms with Crippen LogP contribution in [-0.2, 0) is 24.9 Å². The minimum Gasteiger partial charge on any atom is -0.512 e. The van der Waals surface area contributed by atoms with E-state index in [4.69, 9.17) is 41.5 Å². The minimum absolute atomic E-state index is 0. The second-order valence-electron chi connectivity index (χ2n) is 39.5. The van der Waals surface area contributed by atoms with E-state index in [1.54, 1.807) is 0 Å². The number of hydrogen-bond acceptors (Lipinski definition) is 9. The van der Waals surface area contributed by atoms with Crippen LogP contribution >= 0.6 is 0 Å². The van der Waals surface area contributed by atoms with Gasteiger partial charge < -0.3 is 19.2 Å². The van der Waals surface area contributed by atoms with Gasteiger partial charge in [-0.3, -0.25) is 9.78 Å². The quantitative estimate of drug-likeness (QED) is 0.0487. The summed E-state index contributed by atoms with van der Waals surface area (Å²) >= 11 is 0. The molecule has 0 fully saturated rings. The van der Waals surface area contributed by atoms with Gasteiger partial charge in [-0.1, -0.05) is 395 Å². The first-order chi connectivity index (χ1) is 70.9. The van der Waals surface area contributed by atoms with E-state index in [1.807, 2.05) is 140 Å². The third-order valence-electron chi connectivity index (χ3n) is 26.8. The molecule has 0 aliphatic heterocycles. The predicted octanol–water partition coefficient (Wildman–Crippen LogP) is 35.6. The van der Waals surface area contributed by atoms with E-state index in [0.717, 1.165) is 156 Å². The summed E-state index contributed by atoms with van der Waals surface area (Å²) in [4.78, 5) is 50.9. The molecule has 13 heteroatoms. The van der Waals surface area contributed by atoms with Gasteiger partial charge in [-0.25, -0.2) is 29.8 Å². The normalized spacial score (nSPS) is 11.5.